The van der Waals surface area contributed by atoms with Crippen LogP contribution in [0.25, 0.3) is 11.1 Å². The highest BCUT2D eigenvalue weighted by atomic mass is 16.5. The minimum absolute atomic E-state index is 0.0983. The molecule has 0 aromatic heterocycles. The molecule has 0 bridgehead atoms. The van der Waals surface area contributed by atoms with Crippen LogP contribution >= 0.6 is 0 Å². The second-order valence-electron chi connectivity index (χ2n) is 4.59. The Labute approximate surface area is 117 Å². The predicted octanol–water partition coefficient (Wildman–Crippen LogP) is 2.45. The van der Waals surface area contributed by atoms with Crippen LogP contribution in [-0.4, -0.2) is 25.3 Å². The van der Waals surface area contributed by atoms with Gasteiger partial charge in [-0.25, -0.2) is 4.99 Å². The summed E-state index contributed by atoms with van der Waals surface area (Å²) in [6, 6.07) is 18.4. The lowest BCUT2D eigenvalue weighted by molar-refractivity contribution is 0.142. The van der Waals surface area contributed by atoms with Gasteiger partial charge in [0.05, 0.1) is 6.54 Å². The van der Waals surface area contributed by atoms with E-state index in [0.717, 1.165) is 16.9 Å². The summed E-state index contributed by atoms with van der Waals surface area (Å²) in [5.74, 6) is 0.841. The average Bonchev–Trinajstić information content (AvgIpc) is 2.92. The van der Waals surface area contributed by atoms with E-state index in [2.05, 4.69) is 17.1 Å². The number of hydrogen-bond acceptors (Lipinski definition) is 4. The van der Waals surface area contributed by atoms with E-state index in [1.54, 1.807) is 0 Å². The summed E-state index contributed by atoms with van der Waals surface area (Å²) in [5.41, 5.74) is 7.69. The van der Waals surface area contributed by atoms with Gasteiger partial charge in [0.1, 0.15) is 12.4 Å². The maximum atomic E-state index is 5.87. The zero-order chi connectivity index (χ0) is 13.8. The van der Waals surface area contributed by atoms with Crippen LogP contribution < -0.4 is 10.5 Å². The lowest BCUT2D eigenvalue weighted by atomic mass is 10.1. The summed E-state index contributed by atoms with van der Waals surface area (Å²) in [7, 11) is 0. The Bertz CT molecular complexity index is 611. The number of para-hydroxylation sites is 1. The molecule has 1 unspecified atom stereocenters. The molecule has 4 heteroatoms. The van der Waals surface area contributed by atoms with Crippen LogP contribution in [0.5, 0.6) is 5.75 Å². The molecule has 3 rings (SSSR count). The average molecular weight is 268 g/mol. The maximum absolute atomic E-state index is 5.87. The van der Waals surface area contributed by atoms with Crippen molar-refractivity contribution in [3.8, 4) is 16.9 Å². The molecule has 0 radical (unpaired) electrons. The van der Waals surface area contributed by atoms with Gasteiger partial charge < -0.3 is 15.2 Å². The summed E-state index contributed by atoms with van der Waals surface area (Å²) in [4.78, 5) is 4.00. The van der Waals surface area contributed by atoms with Crippen molar-refractivity contribution >= 4 is 6.02 Å². The molecule has 2 N–H and O–H groups in total. The third-order valence-electron chi connectivity index (χ3n) is 3.13. The van der Waals surface area contributed by atoms with E-state index < -0.39 is 0 Å². The van der Waals surface area contributed by atoms with Crippen LogP contribution in [0.3, 0.4) is 0 Å². The Morgan fingerprint density at radius 3 is 2.60 bits per heavy atom. The van der Waals surface area contributed by atoms with Gasteiger partial charge in [-0.1, -0.05) is 48.5 Å². The summed E-state index contributed by atoms with van der Waals surface area (Å²) in [5, 5.41) is 0. The number of amidine groups is 1. The number of ether oxygens (including phenoxy) is 2. The van der Waals surface area contributed by atoms with E-state index in [1.165, 1.54) is 0 Å². The zero-order valence-corrected chi connectivity index (χ0v) is 11.0. The second-order valence-corrected chi connectivity index (χ2v) is 4.59. The van der Waals surface area contributed by atoms with E-state index in [9.17, 15) is 0 Å². The lowest BCUT2D eigenvalue weighted by Crippen LogP contribution is -2.24. The molecule has 1 heterocycles. The van der Waals surface area contributed by atoms with Crippen molar-refractivity contribution in [2.24, 2.45) is 10.7 Å². The highest BCUT2D eigenvalue weighted by Crippen LogP contribution is 2.29. The van der Waals surface area contributed by atoms with Crippen LogP contribution in [0.1, 0.15) is 0 Å². The molecule has 102 valence electrons. The first kappa shape index (κ1) is 12.5. The smallest absolute Gasteiger partial charge is 0.282 e. The van der Waals surface area contributed by atoms with Gasteiger partial charge in [0.15, 0.2) is 6.10 Å². The Hall–Kier alpha value is -2.49. The zero-order valence-electron chi connectivity index (χ0n) is 11.0. The molecule has 0 saturated carbocycles. The molecule has 2 aromatic carbocycles. The normalized spacial score (nSPS) is 17.4. The van der Waals surface area contributed by atoms with E-state index in [-0.39, 0.29) is 12.1 Å². The third-order valence-corrected chi connectivity index (χ3v) is 3.13. The largest absolute Gasteiger partial charge is 0.489 e. The minimum atomic E-state index is -0.0983. The monoisotopic (exact) mass is 268 g/mol. The number of benzene rings is 2. The van der Waals surface area contributed by atoms with Crippen molar-refractivity contribution in [2.45, 2.75) is 6.10 Å². The van der Waals surface area contributed by atoms with Crippen molar-refractivity contribution < 1.29 is 9.47 Å². The summed E-state index contributed by atoms with van der Waals surface area (Å²) in [6.07, 6.45) is -0.0983. The van der Waals surface area contributed by atoms with E-state index in [1.807, 2.05) is 42.5 Å². The fourth-order valence-corrected chi connectivity index (χ4v) is 2.16. The molecule has 0 spiro atoms. The van der Waals surface area contributed by atoms with E-state index in [4.69, 9.17) is 15.2 Å². The molecule has 2 aromatic rings. The number of nitrogens with zero attached hydrogens (tertiary/aromatic N) is 1. The van der Waals surface area contributed by atoms with Gasteiger partial charge in [-0.3, -0.25) is 0 Å². The standard InChI is InChI=1S/C16H16N2O2/c17-16-18-10-13(20-16)11-19-15-9-5-4-8-14(15)12-6-2-1-3-7-12/h1-9,13H,10-11H2,(H2,17,18). The summed E-state index contributed by atoms with van der Waals surface area (Å²) < 4.78 is 11.2. The number of rotatable bonds is 4. The maximum Gasteiger partial charge on any atom is 0.282 e. The van der Waals surface area contributed by atoms with Crippen molar-refractivity contribution in [1.29, 1.82) is 0 Å². The predicted molar refractivity (Wildman–Crippen MR) is 78.7 cm³/mol. The second kappa shape index (κ2) is 5.65. The molecule has 0 amide bonds. The van der Waals surface area contributed by atoms with Crippen LogP contribution in [0, 0.1) is 0 Å². The molecule has 1 aliphatic rings. The Kier molecular flexibility index (Phi) is 3.54. The van der Waals surface area contributed by atoms with Gasteiger partial charge >= 0.3 is 0 Å². The van der Waals surface area contributed by atoms with Crippen molar-refractivity contribution in [2.75, 3.05) is 13.2 Å². The van der Waals surface area contributed by atoms with Crippen molar-refractivity contribution in [3.63, 3.8) is 0 Å². The third kappa shape index (κ3) is 2.74. The number of aliphatic imine (C=N–C) groups is 1. The quantitative estimate of drug-likeness (QED) is 0.926. The molecule has 1 aliphatic heterocycles. The SMILES string of the molecule is NC1=NCC(COc2ccccc2-c2ccccc2)O1. The van der Waals surface area contributed by atoms with Gasteiger partial charge in [-0.05, 0) is 11.6 Å². The minimum Gasteiger partial charge on any atom is -0.489 e. The van der Waals surface area contributed by atoms with Crippen LogP contribution in [0.2, 0.25) is 0 Å². The molecule has 0 saturated heterocycles. The van der Waals surface area contributed by atoms with Crippen LogP contribution in [-0.2, 0) is 4.74 Å². The first-order valence-electron chi connectivity index (χ1n) is 6.57. The Morgan fingerprint density at radius 1 is 1.10 bits per heavy atom. The van der Waals surface area contributed by atoms with E-state index in [0.29, 0.717) is 13.2 Å². The molecular weight excluding hydrogens is 252 g/mol. The highest BCUT2D eigenvalue weighted by Gasteiger charge is 2.18. The van der Waals surface area contributed by atoms with Gasteiger partial charge in [0, 0.05) is 5.56 Å². The lowest BCUT2D eigenvalue weighted by Gasteiger charge is -2.14. The van der Waals surface area contributed by atoms with Gasteiger partial charge in [-0.2, -0.15) is 0 Å². The van der Waals surface area contributed by atoms with E-state index >= 15 is 0 Å². The number of nitrogens with two attached hydrogens (primary N) is 1. The van der Waals surface area contributed by atoms with Crippen LogP contribution in [0.4, 0.5) is 0 Å². The van der Waals surface area contributed by atoms with Crippen molar-refractivity contribution in [3.05, 3.63) is 54.6 Å². The fourth-order valence-electron chi connectivity index (χ4n) is 2.16. The first-order valence-corrected chi connectivity index (χ1v) is 6.57. The molecule has 20 heavy (non-hydrogen) atoms. The Balaban J connectivity index is 1.74. The van der Waals surface area contributed by atoms with Crippen LogP contribution in [0.15, 0.2) is 59.6 Å². The first-order chi connectivity index (χ1) is 9.83. The van der Waals surface area contributed by atoms with Crippen molar-refractivity contribution in [1.82, 2.24) is 0 Å². The number of hydrogen-bond donors (Lipinski definition) is 1. The topological polar surface area (TPSA) is 56.8 Å². The molecule has 0 aliphatic carbocycles. The fraction of sp³-hybridized carbons (Fsp3) is 0.188. The Morgan fingerprint density at radius 2 is 1.85 bits per heavy atom. The summed E-state index contributed by atoms with van der Waals surface area (Å²) in [6.45, 7) is 0.993. The van der Waals surface area contributed by atoms with Gasteiger partial charge in [0.2, 0.25) is 0 Å². The molecule has 4 nitrogen and oxygen atoms in total. The van der Waals surface area contributed by atoms with Gasteiger partial charge in [-0.15, -0.1) is 0 Å². The molecule has 0 fully saturated rings. The highest BCUT2D eigenvalue weighted by molar-refractivity contribution is 5.73. The molecule has 1 atom stereocenters. The summed E-state index contributed by atoms with van der Waals surface area (Å²) >= 11 is 0. The molecular formula is C16H16N2O2. The van der Waals surface area contributed by atoms with Gasteiger partial charge in [0.25, 0.3) is 6.02 Å².